The monoisotopic (exact) mass is 268 g/mol. The number of benzene rings is 1. The van der Waals surface area contributed by atoms with Crippen LogP contribution in [0.4, 0.5) is 0 Å². The fourth-order valence-corrected chi connectivity index (χ4v) is 2.18. The van der Waals surface area contributed by atoms with Gasteiger partial charge in [0.25, 0.3) is 0 Å². The molecule has 5 heteroatoms. The lowest BCUT2D eigenvalue weighted by Crippen LogP contribution is -1.98. The second kappa shape index (κ2) is 3.34. The van der Waals surface area contributed by atoms with Crippen molar-refractivity contribution >= 4 is 32.8 Å². The molecule has 0 saturated heterocycles. The molecule has 1 aromatic heterocycles. The number of aryl methyl sites for hydroxylation is 2. The average Bonchev–Trinajstić information content (AvgIpc) is 2.44. The molecule has 0 aliphatic rings. The van der Waals surface area contributed by atoms with Gasteiger partial charge in [-0.2, -0.15) is 5.10 Å². The number of hydrogen-bond donors (Lipinski definition) is 1. The molecule has 2 rings (SSSR count). The zero-order valence-corrected chi connectivity index (χ0v) is 9.87. The van der Waals surface area contributed by atoms with E-state index in [1.165, 1.54) is 0 Å². The summed E-state index contributed by atoms with van der Waals surface area (Å²) >= 11 is 3.40. The van der Waals surface area contributed by atoms with E-state index in [0.29, 0.717) is 5.52 Å². The highest BCUT2D eigenvalue weighted by Crippen LogP contribution is 2.28. The van der Waals surface area contributed by atoms with Gasteiger partial charge in [0, 0.05) is 22.6 Å². The molecule has 0 atom stereocenters. The fourth-order valence-electron chi connectivity index (χ4n) is 1.57. The lowest BCUT2D eigenvalue weighted by Gasteiger charge is -1.98. The fraction of sp³-hybridized carbons (Fsp3) is 0.200. The van der Waals surface area contributed by atoms with E-state index < -0.39 is 5.97 Å². The molecule has 15 heavy (non-hydrogen) atoms. The third kappa shape index (κ3) is 1.43. The molecule has 0 spiro atoms. The number of fused-ring (bicyclic) bond motifs is 1. The molecule has 1 aromatic carbocycles. The minimum absolute atomic E-state index is 0.233. The first-order chi connectivity index (χ1) is 7.02. The number of nitrogens with zero attached hydrogens (tertiary/aromatic N) is 2. The van der Waals surface area contributed by atoms with Gasteiger partial charge in [-0.3, -0.25) is 4.68 Å². The molecule has 0 saturated carbocycles. The summed E-state index contributed by atoms with van der Waals surface area (Å²) in [4.78, 5) is 11.0. The van der Waals surface area contributed by atoms with Crippen LogP contribution in [0.25, 0.3) is 10.9 Å². The van der Waals surface area contributed by atoms with Crippen LogP contribution in [0.15, 0.2) is 16.6 Å². The van der Waals surface area contributed by atoms with Crippen molar-refractivity contribution in [2.24, 2.45) is 7.05 Å². The maximum Gasteiger partial charge on any atom is 0.337 e. The van der Waals surface area contributed by atoms with Crippen LogP contribution in [0, 0.1) is 6.92 Å². The van der Waals surface area contributed by atoms with Crippen molar-refractivity contribution in [3.63, 3.8) is 0 Å². The molecule has 0 radical (unpaired) electrons. The molecule has 78 valence electrons. The summed E-state index contributed by atoms with van der Waals surface area (Å²) in [7, 11) is 1.80. The summed E-state index contributed by atoms with van der Waals surface area (Å²) in [6.45, 7) is 1.91. The molecule has 1 N–H and O–H groups in total. The Morgan fingerprint density at radius 1 is 1.53 bits per heavy atom. The number of aromatic carboxylic acids is 1. The zero-order valence-electron chi connectivity index (χ0n) is 8.28. The summed E-state index contributed by atoms with van der Waals surface area (Å²) in [6, 6.07) is 3.29. The van der Waals surface area contributed by atoms with E-state index in [1.807, 2.05) is 6.92 Å². The van der Waals surface area contributed by atoms with E-state index >= 15 is 0 Å². The molecule has 0 unspecified atom stereocenters. The van der Waals surface area contributed by atoms with E-state index in [-0.39, 0.29) is 5.56 Å². The first-order valence-corrected chi connectivity index (χ1v) is 5.16. The van der Waals surface area contributed by atoms with Crippen LogP contribution < -0.4 is 0 Å². The van der Waals surface area contributed by atoms with Gasteiger partial charge in [-0.15, -0.1) is 0 Å². The normalized spacial score (nSPS) is 10.9. The van der Waals surface area contributed by atoms with Gasteiger partial charge in [-0.1, -0.05) is 15.9 Å². The molecule has 2 aromatic rings. The van der Waals surface area contributed by atoms with Crippen LogP contribution in [0.3, 0.4) is 0 Å². The Bertz CT molecular complexity index is 560. The topological polar surface area (TPSA) is 55.1 Å². The minimum atomic E-state index is -0.953. The SMILES string of the molecule is Cc1c2c(Br)ccc(C(=O)O)c2nn1C. The third-order valence-electron chi connectivity index (χ3n) is 2.45. The lowest BCUT2D eigenvalue weighted by molar-refractivity contribution is 0.0699. The first kappa shape index (κ1) is 10.2. The largest absolute Gasteiger partial charge is 0.478 e. The lowest BCUT2D eigenvalue weighted by atomic mass is 10.1. The number of rotatable bonds is 1. The molecule has 1 heterocycles. The summed E-state index contributed by atoms with van der Waals surface area (Å²) in [5.74, 6) is -0.953. The summed E-state index contributed by atoms with van der Waals surface area (Å²) < 4.78 is 2.55. The Kier molecular flexibility index (Phi) is 2.26. The molecule has 0 fully saturated rings. The van der Waals surface area contributed by atoms with Gasteiger partial charge in [-0.05, 0) is 19.1 Å². The molecule has 0 aliphatic carbocycles. The number of aromatic nitrogens is 2. The highest BCUT2D eigenvalue weighted by Gasteiger charge is 2.16. The van der Waals surface area contributed by atoms with Crippen molar-refractivity contribution in [1.82, 2.24) is 9.78 Å². The van der Waals surface area contributed by atoms with E-state index in [1.54, 1.807) is 23.9 Å². The van der Waals surface area contributed by atoms with Crippen LogP contribution in [0.5, 0.6) is 0 Å². The van der Waals surface area contributed by atoms with Crippen LogP contribution in [-0.4, -0.2) is 20.9 Å². The molecule has 4 nitrogen and oxygen atoms in total. The third-order valence-corrected chi connectivity index (χ3v) is 3.12. The van der Waals surface area contributed by atoms with Gasteiger partial charge >= 0.3 is 5.97 Å². The van der Waals surface area contributed by atoms with Crippen molar-refractivity contribution in [1.29, 1.82) is 0 Å². The standard InChI is InChI=1S/C10H9BrN2O2/c1-5-8-7(11)4-3-6(10(14)15)9(8)12-13(5)2/h3-4H,1-2H3,(H,14,15). The van der Waals surface area contributed by atoms with Crippen molar-refractivity contribution in [2.75, 3.05) is 0 Å². The van der Waals surface area contributed by atoms with Crippen LogP contribution in [0.2, 0.25) is 0 Å². The van der Waals surface area contributed by atoms with Crippen molar-refractivity contribution in [3.05, 3.63) is 27.9 Å². The predicted molar refractivity (Wildman–Crippen MR) is 60.1 cm³/mol. The summed E-state index contributed by atoms with van der Waals surface area (Å²) in [6.07, 6.45) is 0. The molecule has 0 aliphatic heterocycles. The van der Waals surface area contributed by atoms with Gasteiger partial charge in [0.15, 0.2) is 0 Å². The summed E-state index contributed by atoms with van der Waals surface area (Å²) in [5.41, 5.74) is 1.70. The Morgan fingerprint density at radius 3 is 2.80 bits per heavy atom. The van der Waals surface area contributed by atoms with Crippen LogP contribution >= 0.6 is 15.9 Å². The Morgan fingerprint density at radius 2 is 2.20 bits per heavy atom. The highest BCUT2D eigenvalue weighted by atomic mass is 79.9. The van der Waals surface area contributed by atoms with Gasteiger partial charge in [0.2, 0.25) is 0 Å². The van der Waals surface area contributed by atoms with Crippen LogP contribution in [0.1, 0.15) is 16.1 Å². The second-order valence-corrected chi connectivity index (χ2v) is 4.19. The number of carboxylic acids is 1. The molecule has 0 amide bonds. The Hall–Kier alpha value is -1.36. The Labute approximate surface area is 94.6 Å². The van der Waals surface area contributed by atoms with Crippen molar-refractivity contribution < 1.29 is 9.90 Å². The number of carbonyl (C=O) groups is 1. The van der Waals surface area contributed by atoms with Crippen LogP contribution in [-0.2, 0) is 7.05 Å². The Balaban J connectivity index is 2.95. The van der Waals surface area contributed by atoms with Crippen molar-refractivity contribution in [3.8, 4) is 0 Å². The van der Waals surface area contributed by atoms with E-state index in [4.69, 9.17) is 5.11 Å². The highest BCUT2D eigenvalue weighted by molar-refractivity contribution is 9.10. The molecular formula is C10H9BrN2O2. The predicted octanol–water partition coefficient (Wildman–Crippen LogP) is 2.34. The van der Waals surface area contributed by atoms with E-state index in [0.717, 1.165) is 15.6 Å². The first-order valence-electron chi connectivity index (χ1n) is 4.37. The average molecular weight is 269 g/mol. The maximum absolute atomic E-state index is 11.0. The van der Waals surface area contributed by atoms with E-state index in [2.05, 4.69) is 21.0 Å². The molecule has 0 bridgehead atoms. The van der Waals surface area contributed by atoms with Gasteiger partial charge in [0.1, 0.15) is 5.52 Å². The second-order valence-electron chi connectivity index (χ2n) is 3.33. The minimum Gasteiger partial charge on any atom is -0.478 e. The van der Waals surface area contributed by atoms with Gasteiger partial charge in [-0.25, -0.2) is 4.79 Å². The van der Waals surface area contributed by atoms with Gasteiger partial charge < -0.3 is 5.11 Å². The summed E-state index contributed by atoms with van der Waals surface area (Å²) in [5, 5.41) is 14.1. The number of hydrogen-bond acceptors (Lipinski definition) is 2. The molecular weight excluding hydrogens is 260 g/mol. The maximum atomic E-state index is 11.0. The quantitative estimate of drug-likeness (QED) is 0.864. The number of carboxylic acid groups (broad SMARTS) is 1. The van der Waals surface area contributed by atoms with E-state index in [9.17, 15) is 4.79 Å². The smallest absolute Gasteiger partial charge is 0.337 e. The van der Waals surface area contributed by atoms with Gasteiger partial charge in [0.05, 0.1) is 5.56 Å². The zero-order chi connectivity index (χ0) is 11.2. The van der Waals surface area contributed by atoms with Crippen molar-refractivity contribution in [2.45, 2.75) is 6.92 Å². The number of halogens is 1.